The van der Waals surface area contributed by atoms with E-state index in [1.807, 2.05) is 4.90 Å². The van der Waals surface area contributed by atoms with Crippen molar-refractivity contribution in [2.45, 2.75) is 18.5 Å². The van der Waals surface area contributed by atoms with E-state index in [4.69, 9.17) is 24.0 Å². The van der Waals surface area contributed by atoms with Crippen LogP contribution in [0.5, 0.6) is 17.4 Å². The molecule has 0 saturated carbocycles. The molecular weight excluding hydrogens is 608 g/mol. The smallest absolute Gasteiger partial charge is 0.496 e. The van der Waals surface area contributed by atoms with Crippen LogP contribution in [0.2, 0.25) is 0 Å². The molecule has 3 atom stereocenters. The van der Waals surface area contributed by atoms with E-state index in [-0.39, 0.29) is 53.1 Å². The number of nitrogens with one attached hydrogen (secondary N) is 1. The van der Waals surface area contributed by atoms with Crippen LogP contribution in [-0.4, -0.2) is 58.5 Å². The first-order valence-corrected chi connectivity index (χ1v) is 15.0. The summed E-state index contributed by atoms with van der Waals surface area (Å²) in [5.74, 6) is -1.15. The molecule has 0 aliphatic carbocycles. The van der Waals surface area contributed by atoms with Gasteiger partial charge in [0.05, 0.1) is 54.5 Å². The van der Waals surface area contributed by atoms with Gasteiger partial charge in [-0.15, -0.1) is 0 Å². The van der Waals surface area contributed by atoms with E-state index in [2.05, 4.69) is 26.3 Å². The van der Waals surface area contributed by atoms with Gasteiger partial charge < -0.3 is 34.0 Å². The van der Waals surface area contributed by atoms with Crippen molar-refractivity contribution in [1.82, 2.24) is 15.0 Å². The predicted octanol–water partition coefficient (Wildman–Crippen LogP) is 4.25. The normalized spacial score (nSPS) is 20.0. The zero-order valence-electron chi connectivity index (χ0n) is 23.6. The van der Waals surface area contributed by atoms with Crippen molar-refractivity contribution >= 4 is 25.3 Å². The molecule has 4 N–H and O–H groups in total. The van der Waals surface area contributed by atoms with Crippen molar-refractivity contribution < 1.29 is 37.2 Å². The highest BCUT2D eigenvalue weighted by Crippen LogP contribution is 2.58. The number of phosphoric ester groups is 1. The maximum atomic E-state index is 14.6. The first kappa shape index (κ1) is 29.8. The van der Waals surface area contributed by atoms with Crippen LogP contribution in [0.3, 0.4) is 0 Å². The number of anilines is 2. The predicted molar refractivity (Wildman–Crippen MR) is 158 cm³/mol. The molecule has 14 nitrogen and oxygen atoms in total. The van der Waals surface area contributed by atoms with Gasteiger partial charge in [-0.05, 0) is 42.3 Å². The molecule has 6 rings (SSSR count). The standard InChI is InChI=1S/C29H25FN7O7P/c1-41-24-4-2-3-21(30)26(24)27-34-13-25-28(36-27)43-45(40,42-25)44-29(39)35-22-6-5-16(20-12-33-8-7-17(20)11-31)9-23(22)37-14-18(32)10-19(37)15-38/h2-9,12-13,18-19,38H,10,14-15,32H2,1H3,(H,35,39)/t18-,19-,45?/m0/s1. The van der Waals surface area contributed by atoms with Crippen molar-refractivity contribution in [3.8, 4) is 46.0 Å². The third kappa shape index (κ3) is 5.82. The Balaban J connectivity index is 1.25. The monoisotopic (exact) mass is 633 g/mol. The SMILES string of the molecule is COc1cccc(F)c1-c1ncc2c(n1)OP(=O)(OC(=O)Nc1ccc(-c3cnccc3C#N)cc1N1C[C@@H](N)C[C@H]1CO)O2. The Bertz CT molecular complexity index is 1890. The number of carbonyl (C=O) groups excluding carboxylic acids is 1. The number of nitrogens with two attached hydrogens (primary N) is 1. The Kier molecular flexibility index (Phi) is 7.94. The van der Waals surface area contributed by atoms with Crippen LogP contribution < -0.4 is 29.7 Å². The summed E-state index contributed by atoms with van der Waals surface area (Å²) >= 11 is 0. The minimum absolute atomic E-state index is 0.0567. The van der Waals surface area contributed by atoms with Gasteiger partial charge in [-0.2, -0.15) is 14.8 Å². The third-order valence-electron chi connectivity index (χ3n) is 7.20. The Hall–Kier alpha value is -5.29. The number of methoxy groups -OCH3 is 1. The molecular formula is C29H25FN7O7P. The second kappa shape index (κ2) is 12.0. The lowest BCUT2D eigenvalue weighted by Crippen LogP contribution is -2.33. The van der Waals surface area contributed by atoms with Crippen LogP contribution >= 0.6 is 7.82 Å². The molecule has 2 aromatic heterocycles. The van der Waals surface area contributed by atoms with Gasteiger partial charge >= 0.3 is 13.9 Å². The van der Waals surface area contributed by atoms with Crippen molar-refractivity contribution in [3.63, 3.8) is 0 Å². The summed E-state index contributed by atoms with van der Waals surface area (Å²) in [6.45, 7) is 0.166. The number of carbonyl (C=O) groups is 1. The summed E-state index contributed by atoms with van der Waals surface area (Å²) in [6, 6.07) is 12.2. The van der Waals surface area contributed by atoms with E-state index in [9.17, 15) is 24.1 Å². The summed E-state index contributed by atoms with van der Waals surface area (Å²) < 4.78 is 48.7. The maximum Gasteiger partial charge on any atom is 0.652 e. The van der Waals surface area contributed by atoms with Gasteiger partial charge in [-0.3, -0.25) is 10.3 Å². The number of fused-ring (bicyclic) bond motifs is 1. The largest absolute Gasteiger partial charge is 0.652 e. The van der Waals surface area contributed by atoms with Crippen LogP contribution in [0.25, 0.3) is 22.5 Å². The lowest BCUT2D eigenvalue weighted by molar-refractivity contribution is 0.199. The summed E-state index contributed by atoms with van der Waals surface area (Å²) in [4.78, 5) is 27.2. The van der Waals surface area contributed by atoms with Crippen LogP contribution in [0.1, 0.15) is 12.0 Å². The van der Waals surface area contributed by atoms with E-state index in [0.29, 0.717) is 35.3 Å². The molecule has 1 unspecified atom stereocenters. The number of aliphatic hydroxyl groups is 1. The number of amides is 1. The molecule has 1 fully saturated rings. The fourth-order valence-corrected chi connectivity index (χ4v) is 6.27. The number of halogens is 1. The van der Waals surface area contributed by atoms with Crippen LogP contribution in [0.4, 0.5) is 20.6 Å². The van der Waals surface area contributed by atoms with E-state index < -0.39 is 19.7 Å². The van der Waals surface area contributed by atoms with Gasteiger partial charge in [0, 0.05) is 30.5 Å². The molecule has 230 valence electrons. The zero-order chi connectivity index (χ0) is 31.7. The number of phosphoric acid groups is 1. The van der Waals surface area contributed by atoms with Gasteiger partial charge in [-0.1, -0.05) is 12.1 Å². The molecule has 0 radical (unpaired) electrons. The highest BCUT2D eigenvalue weighted by molar-refractivity contribution is 7.50. The summed E-state index contributed by atoms with van der Waals surface area (Å²) in [5.41, 5.74) is 8.40. The zero-order valence-corrected chi connectivity index (χ0v) is 24.5. The average molecular weight is 634 g/mol. The molecule has 1 amide bonds. The van der Waals surface area contributed by atoms with Crippen molar-refractivity contribution in [2.75, 3.05) is 30.5 Å². The number of aromatic nitrogens is 3. The second-order valence-electron chi connectivity index (χ2n) is 10.1. The summed E-state index contributed by atoms with van der Waals surface area (Å²) in [6.07, 6.45) is 3.48. The topological polar surface area (TPSA) is 195 Å². The number of rotatable bonds is 7. The number of nitrogens with zero attached hydrogens (tertiary/aromatic N) is 5. The summed E-state index contributed by atoms with van der Waals surface area (Å²) in [5, 5.41) is 22.2. The molecule has 2 aliphatic heterocycles. The van der Waals surface area contributed by atoms with E-state index >= 15 is 0 Å². The highest BCUT2D eigenvalue weighted by Gasteiger charge is 2.44. The van der Waals surface area contributed by atoms with E-state index in [1.165, 1.54) is 31.5 Å². The minimum Gasteiger partial charge on any atom is -0.496 e. The van der Waals surface area contributed by atoms with Crippen LogP contribution in [0, 0.1) is 17.1 Å². The molecule has 0 bridgehead atoms. The Labute approximate surface area is 255 Å². The molecule has 1 saturated heterocycles. The van der Waals surface area contributed by atoms with Crippen molar-refractivity contribution in [3.05, 3.63) is 72.4 Å². The number of nitriles is 1. The third-order valence-corrected chi connectivity index (χ3v) is 8.40. The quantitative estimate of drug-likeness (QED) is 0.245. The first-order valence-electron chi connectivity index (χ1n) is 13.5. The number of hydrogen-bond acceptors (Lipinski definition) is 13. The number of benzene rings is 2. The molecule has 4 heterocycles. The Morgan fingerprint density at radius 1 is 1.29 bits per heavy atom. The van der Waals surface area contributed by atoms with E-state index in [0.717, 1.165) is 6.20 Å². The number of hydrogen-bond donors (Lipinski definition) is 3. The second-order valence-corrected chi connectivity index (χ2v) is 11.5. The molecule has 16 heteroatoms. The first-order chi connectivity index (χ1) is 21.7. The number of ether oxygens (including phenoxy) is 1. The van der Waals surface area contributed by atoms with Crippen LogP contribution in [0.15, 0.2) is 61.1 Å². The summed E-state index contributed by atoms with van der Waals surface area (Å²) in [7, 11) is -3.22. The molecule has 45 heavy (non-hydrogen) atoms. The minimum atomic E-state index is -4.58. The molecule has 2 aromatic carbocycles. The van der Waals surface area contributed by atoms with Gasteiger partial charge in [0.1, 0.15) is 11.6 Å². The fourth-order valence-electron chi connectivity index (χ4n) is 5.20. The Morgan fingerprint density at radius 3 is 2.91 bits per heavy atom. The van der Waals surface area contributed by atoms with Gasteiger partial charge in [-0.25, -0.2) is 14.2 Å². The number of aliphatic hydroxyl groups excluding tert-OH is 1. The van der Waals surface area contributed by atoms with Gasteiger partial charge in [0.15, 0.2) is 5.82 Å². The lowest BCUT2D eigenvalue weighted by atomic mass is 10.0. The van der Waals surface area contributed by atoms with Gasteiger partial charge in [0.2, 0.25) is 5.75 Å². The molecule has 2 aliphatic rings. The van der Waals surface area contributed by atoms with Crippen LogP contribution in [-0.2, 0) is 9.09 Å². The highest BCUT2D eigenvalue weighted by atomic mass is 31.2. The molecule has 0 spiro atoms. The average Bonchev–Trinajstić information content (AvgIpc) is 3.58. The van der Waals surface area contributed by atoms with Crippen molar-refractivity contribution in [2.24, 2.45) is 5.73 Å². The molecule has 4 aromatic rings. The van der Waals surface area contributed by atoms with Crippen molar-refractivity contribution in [1.29, 1.82) is 5.26 Å². The fraction of sp³-hybridized carbons (Fsp3) is 0.207. The Morgan fingerprint density at radius 2 is 2.13 bits per heavy atom. The number of pyridine rings is 1. The van der Waals surface area contributed by atoms with E-state index in [1.54, 1.807) is 30.5 Å². The van der Waals surface area contributed by atoms with Gasteiger partial charge in [0.25, 0.3) is 5.88 Å². The lowest BCUT2D eigenvalue weighted by Gasteiger charge is -2.28. The maximum absolute atomic E-state index is 14.6.